The predicted octanol–water partition coefficient (Wildman–Crippen LogP) is 6.72. The number of hydrogen-bond donors (Lipinski definition) is 0. The molecule has 6 rings (SSSR count). The first-order chi connectivity index (χ1) is 23.3. The minimum absolute atomic E-state index is 0.532. The maximum Gasteiger partial charge on any atom is 0.147 e. The number of ether oxygens (including phenoxy) is 2. The van der Waals surface area contributed by atoms with Crippen LogP contribution in [0.15, 0.2) is 157 Å². The molecule has 2 aliphatic heterocycles. The summed E-state index contributed by atoms with van der Waals surface area (Å²) in [6, 6.07) is 35.1. The van der Waals surface area contributed by atoms with Gasteiger partial charge >= 0.3 is 0 Å². The SMILES string of the molecule is COc1ccc(C2=CC(c3ccccc3)=C/C(=C\C=C\C3=S(O[Cl+3]([O-])([O-])[O-])C(c4ccc(OC)cc4)=CC(c4ccccc4)=C3)S2)cc1. The maximum absolute atomic E-state index is 12.0. The van der Waals surface area contributed by atoms with Crippen LogP contribution in [0.2, 0.25) is 0 Å². The van der Waals surface area contributed by atoms with E-state index in [1.54, 1.807) is 44.2 Å². The lowest BCUT2D eigenvalue weighted by Crippen LogP contribution is -2.60. The molecule has 4 aromatic rings. The number of allylic oxidation sites excluding steroid dienone is 9. The Morgan fingerprint density at radius 3 is 1.69 bits per heavy atom. The van der Waals surface area contributed by atoms with E-state index >= 15 is 0 Å². The summed E-state index contributed by atoms with van der Waals surface area (Å²) in [4.78, 5) is 3.13. The third-order valence-corrected chi connectivity index (χ3v) is 11.1. The molecule has 0 bridgehead atoms. The van der Waals surface area contributed by atoms with Gasteiger partial charge < -0.3 is 9.47 Å². The van der Waals surface area contributed by atoms with Crippen LogP contribution in [0, 0.1) is 10.2 Å². The summed E-state index contributed by atoms with van der Waals surface area (Å²) in [5.41, 5.74) is 5.68. The Morgan fingerprint density at radius 1 is 0.604 bits per heavy atom. The second-order valence-electron chi connectivity index (χ2n) is 10.5. The molecular formula is C39H31ClO6S2. The van der Waals surface area contributed by atoms with E-state index < -0.39 is 21.0 Å². The largest absolute Gasteiger partial charge is 0.497 e. The van der Waals surface area contributed by atoms with E-state index in [0.29, 0.717) is 21.1 Å². The molecule has 0 aromatic heterocycles. The first-order valence-electron chi connectivity index (χ1n) is 14.8. The number of rotatable bonds is 10. The van der Waals surface area contributed by atoms with Crippen molar-refractivity contribution in [1.82, 2.24) is 0 Å². The van der Waals surface area contributed by atoms with Crippen molar-refractivity contribution in [2.75, 3.05) is 14.2 Å². The molecule has 242 valence electrons. The van der Waals surface area contributed by atoms with Gasteiger partial charge in [0.15, 0.2) is 0 Å². The van der Waals surface area contributed by atoms with Crippen LogP contribution >= 0.6 is 22.5 Å². The fourth-order valence-corrected chi connectivity index (χ4v) is 8.59. The minimum atomic E-state index is -4.74. The standard InChI is InChI=1S/C39H31ClO6S2/c1-44-34-20-16-30(17-21-34)38-26-32(28-10-5-3-6-11-28)24-36(47-38)14-9-15-37-25-33(29-12-7-4-8-13-29)27-39(48(37)46-40(41,42)43)31-18-22-35(45-2)23-19-31/h3-27H,1-2H3/b15-9+,36-14+. The van der Waals surface area contributed by atoms with Crippen molar-refractivity contribution in [3.8, 4) is 11.5 Å². The molecular weight excluding hydrogens is 664 g/mol. The molecule has 1 atom stereocenters. The lowest BCUT2D eigenvalue weighted by molar-refractivity contribution is -1.91. The number of methoxy groups -OCH3 is 2. The number of benzene rings is 4. The normalized spacial score (nSPS) is 17.5. The van der Waals surface area contributed by atoms with Crippen molar-refractivity contribution in [3.05, 3.63) is 179 Å². The molecule has 0 amide bonds. The molecule has 0 fully saturated rings. The van der Waals surface area contributed by atoms with Crippen molar-refractivity contribution in [3.63, 3.8) is 0 Å². The van der Waals surface area contributed by atoms with E-state index in [1.165, 1.54) is 0 Å². The molecule has 0 radical (unpaired) electrons. The molecule has 0 saturated carbocycles. The smallest absolute Gasteiger partial charge is 0.147 e. The highest BCUT2D eigenvalue weighted by Crippen LogP contribution is 2.45. The zero-order chi connectivity index (χ0) is 33.5. The highest BCUT2D eigenvalue weighted by molar-refractivity contribution is 8.20. The number of hydrogen-bond acceptors (Lipinski definition) is 7. The van der Waals surface area contributed by atoms with Crippen LogP contribution < -0.4 is 23.5 Å². The fourth-order valence-electron chi connectivity index (χ4n) is 5.11. The van der Waals surface area contributed by atoms with E-state index in [9.17, 15) is 14.0 Å². The Bertz CT molecular complexity index is 1990. The predicted molar refractivity (Wildman–Crippen MR) is 189 cm³/mol. The van der Waals surface area contributed by atoms with Gasteiger partial charge in [0.2, 0.25) is 0 Å². The Kier molecular flexibility index (Phi) is 10.6. The minimum Gasteiger partial charge on any atom is -0.497 e. The van der Waals surface area contributed by atoms with Crippen LogP contribution in [0.1, 0.15) is 22.3 Å². The summed E-state index contributed by atoms with van der Waals surface area (Å²) in [5.74, 6) is 1.43. The van der Waals surface area contributed by atoms with E-state index in [-0.39, 0.29) is 0 Å². The zero-order valence-electron chi connectivity index (χ0n) is 26.1. The van der Waals surface area contributed by atoms with E-state index in [4.69, 9.17) is 13.2 Å². The van der Waals surface area contributed by atoms with Gasteiger partial charge in [-0.25, -0.2) is 0 Å². The molecule has 1 unspecified atom stereocenters. The third-order valence-electron chi connectivity index (χ3n) is 7.43. The van der Waals surface area contributed by atoms with Gasteiger partial charge in [-0.1, -0.05) is 103 Å². The Labute approximate surface area is 289 Å². The lowest BCUT2D eigenvalue weighted by Gasteiger charge is -2.21. The molecule has 0 aliphatic carbocycles. The topological polar surface area (TPSA) is 96.9 Å². The Balaban J connectivity index is 1.43. The Morgan fingerprint density at radius 2 is 1.15 bits per heavy atom. The Hall–Kier alpha value is -4.38. The quantitative estimate of drug-likeness (QED) is 0.134. The van der Waals surface area contributed by atoms with Crippen molar-refractivity contribution in [2.45, 2.75) is 0 Å². The van der Waals surface area contributed by atoms with Crippen molar-refractivity contribution < 1.29 is 37.4 Å². The van der Waals surface area contributed by atoms with Gasteiger partial charge in [-0.3, -0.25) is 0 Å². The molecule has 0 saturated heterocycles. The van der Waals surface area contributed by atoms with Crippen LogP contribution in [-0.4, -0.2) is 19.1 Å². The summed E-state index contributed by atoms with van der Waals surface area (Å²) >= 11 is 1.62. The van der Waals surface area contributed by atoms with E-state index in [2.05, 4.69) is 24.3 Å². The van der Waals surface area contributed by atoms with Crippen molar-refractivity contribution in [2.24, 2.45) is 0 Å². The van der Waals surface area contributed by atoms with E-state index in [0.717, 1.165) is 43.4 Å². The average Bonchev–Trinajstić information content (AvgIpc) is 3.12. The number of thioether (sulfide) groups is 1. The lowest BCUT2D eigenvalue weighted by atomic mass is 10.0. The monoisotopic (exact) mass is 694 g/mol. The second kappa shape index (κ2) is 15.2. The third kappa shape index (κ3) is 8.36. The van der Waals surface area contributed by atoms with Gasteiger partial charge in [-0.2, -0.15) is 14.0 Å². The molecule has 2 heterocycles. The summed E-state index contributed by atoms with van der Waals surface area (Å²) in [6.45, 7) is 0. The average molecular weight is 695 g/mol. The summed E-state index contributed by atoms with van der Waals surface area (Å²) in [7, 11) is -3.05. The van der Waals surface area contributed by atoms with E-state index in [1.807, 2.05) is 109 Å². The summed E-state index contributed by atoms with van der Waals surface area (Å²) < 4.78 is 52.0. The summed E-state index contributed by atoms with van der Waals surface area (Å²) in [5, 5.41) is 0. The molecule has 0 spiro atoms. The van der Waals surface area contributed by atoms with Crippen LogP contribution in [0.3, 0.4) is 0 Å². The number of halogens is 1. The fraction of sp³-hybridized carbons (Fsp3) is 0.0513. The molecule has 6 nitrogen and oxygen atoms in total. The molecule has 2 aliphatic rings. The molecule has 48 heavy (non-hydrogen) atoms. The molecule has 4 aromatic carbocycles. The van der Waals surface area contributed by atoms with Crippen molar-refractivity contribution in [1.29, 1.82) is 0 Å². The highest BCUT2D eigenvalue weighted by Gasteiger charge is 2.30. The van der Waals surface area contributed by atoms with Gasteiger partial charge in [0.1, 0.15) is 26.0 Å². The molecule has 9 heteroatoms. The van der Waals surface area contributed by atoms with Gasteiger partial charge in [-0.15, -0.1) is 0 Å². The molecule has 0 N–H and O–H groups in total. The van der Waals surface area contributed by atoms with Crippen LogP contribution in [0.4, 0.5) is 0 Å². The van der Waals surface area contributed by atoms with Gasteiger partial charge in [0.25, 0.3) is 0 Å². The second-order valence-corrected chi connectivity index (χ2v) is 14.4. The van der Waals surface area contributed by atoms with Gasteiger partial charge in [0.05, 0.1) is 29.4 Å². The van der Waals surface area contributed by atoms with Crippen LogP contribution in [-0.2, 0) is 3.74 Å². The van der Waals surface area contributed by atoms with Gasteiger partial charge in [0, 0.05) is 14.7 Å². The maximum atomic E-state index is 12.0. The van der Waals surface area contributed by atoms with Crippen LogP contribution in [0.25, 0.3) is 21.0 Å². The first-order valence-corrected chi connectivity index (χ1v) is 18.0. The zero-order valence-corrected chi connectivity index (χ0v) is 28.5. The van der Waals surface area contributed by atoms with Crippen LogP contribution in [0.5, 0.6) is 11.5 Å². The van der Waals surface area contributed by atoms with Crippen molar-refractivity contribution >= 4 is 48.3 Å². The van der Waals surface area contributed by atoms with Gasteiger partial charge in [-0.05, 0) is 94.1 Å². The highest BCUT2D eigenvalue weighted by atomic mass is 35.7. The first kappa shape index (κ1) is 33.5. The summed E-state index contributed by atoms with van der Waals surface area (Å²) in [6.07, 6.45) is 13.7.